The highest BCUT2D eigenvalue weighted by atomic mass is 35.5. The van der Waals surface area contributed by atoms with E-state index in [0.29, 0.717) is 16.5 Å². The molecule has 27 heavy (non-hydrogen) atoms. The maximum atomic E-state index is 12.6. The van der Waals surface area contributed by atoms with Crippen molar-refractivity contribution in [2.45, 2.75) is 26.9 Å². The average molecular weight is 389 g/mol. The van der Waals surface area contributed by atoms with Gasteiger partial charge in [0.15, 0.2) is 0 Å². The van der Waals surface area contributed by atoms with Gasteiger partial charge in [-0.3, -0.25) is 14.2 Å². The van der Waals surface area contributed by atoms with Gasteiger partial charge < -0.3 is 9.73 Å². The van der Waals surface area contributed by atoms with Crippen molar-refractivity contribution in [3.05, 3.63) is 79.5 Å². The van der Waals surface area contributed by atoms with E-state index in [9.17, 15) is 14.4 Å². The Morgan fingerprint density at radius 3 is 2.70 bits per heavy atom. The van der Waals surface area contributed by atoms with Crippen molar-refractivity contribution < 1.29 is 9.21 Å². The fourth-order valence-corrected chi connectivity index (χ4v) is 2.66. The summed E-state index contributed by atoms with van der Waals surface area (Å²) in [5.74, 6) is -0.177. The number of carbonyl (C=O) groups excluding carboxylic acids is 1. The summed E-state index contributed by atoms with van der Waals surface area (Å²) in [6.07, 6.45) is 1.48. The van der Waals surface area contributed by atoms with E-state index in [-0.39, 0.29) is 18.8 Å². The third-order valence-electron chi connectivity index (χ3n) is 3.99. The van der Waals surface area contributed by atoms with Gasteiger partial charge >= 0.3 is 5.69 Å². The number of furan rings is 1. The normalized spacial score (nSPS) is 10.8. The van der Waals surface area contributed by atoms with Crippen LogP contribution in [-0.4, -0.2) is 20.3 Å². The van der Waals surface area contributed by atoms with Crippen LogP contribution in [0, 0.1) is 6.92 Å². The second-order valence-corrected chi connectivity index (χ2v) is 6.20. The molecule has 0 aliphatic carbocycles. The molecule has 1 amide bonds. The molecule has 9 heteroatoms. The fourth-order valence-electron chi connectivity index (χ4n) is 2.48. The number of nitrogens with zero attached hydrogens (tertiary/aromatic N) is 3. The molecule has 0 saturated heterocycles. The molecule has 0 unspecified atom stereocenters. The zero-order valence-corrected chi connectivity index (χ0v) is 15.5. The summed E-state index contributed by atoms with van der Waals surface area (Å²) in [4.78, 5) is 37.6. The standard InChI is InChI=1S/C18H17ClN4O4/c1-3-22-17(25)15(16(24)20-10-13-5-4-8-27-13)21-23(18(22)26)12-7-6-11(2)14(19)9-12/h4-9H,3,10H2,1-2H3,(H,20,24). The molecule has 8 nitrogen and oxygen atoms in total. The van der Waals surface area contributed by atoms with Gasteiger partial charge in [0.2, 0.25) is 5.69 Å². The molecule has 0 atom stereocenters. The minimum absolute atomic E-state index is 0.0918. The van der Waals surface area contributed by atoms with Crippen LogP contribution < -0.4 is 16.6 Å². The number of hydrogen-bond acceptors (Lipinski definition) is 5. The van der Waals surface area contributed by atoms with Crippen LogP contribution in [0.4, 0.5) is 0 Å². The zero-order valence-electron chi connectivity index (χ0n) is 14.7. The molecule has 0 spiro atoms. The maximum Gasteiger partial charge on any atom is 0.352 e. The smallest absolute Gasteiger partial charge is 0.352 e. The number of nitrogens with one attached hydrogen (secondary N) is 1. The van der Waals surface area contributed by atoms with Gasteiger partial charge in [-0.2, -0.15) is 9.78 Å². The number of aromatic nitrogens is 3. The molecule has 0 radical (unpaired) electrons. The number of hydrogen-bond donors (Lipinski definition) is 1. The molecule has 2 heterocycles. The van der Waals surface area contributed by atoms with Gasteiger partial charge in [0.1, 0.15) is 5.76 Å². The lowest BCUT2D eigenvalue weighted by atomic mass is 10.2. The molecule has 1 N–H and O–H groups in total. The Morgan fingerprint density at radius 1 is 1.30 bits per heavy atom. The van der Waals surface area contributed by atoms with Gasteiger partial charge in [-0.15, -0.1) is 0 Å². The summed E-state index contributed by atoms with van der Waals surface area (Å²) in [5, 5.41) is 7.00. The molecule has 3 aromatic rings. The van der Waals surface area contributed by atoms with Crippen molar-refractivity contribution in [2.75, 3.05) is 0 Å². The van der Waals surface area contributed by atoms with E-state index in [0.717, 1.165) is 14.8 Å². The minimum atomic E-state index is -0.756. The van der Waals surface area contributed by atoms with Gasteiger partial charge in [-0.05, 0) is 43.7 Å². The quantitative estimate of drug-likeness (QED) is 0.719. The van der Waals surface area contributed by atoms with E-state index >= 15 is 0 Å². The van der Waals surface area contributed by atoms with E-state index in [4.69, 9.17) is 16.0 Å². The van der Waals surface area contributed by atoms with Crippen LogP contribution in [0.3, 0.4) is 0 Å². The number of carbonyl (C=O) groups is 1. The van der Waals surface area contributed by atoms with E-state index in [1.165, 1.54) is 6.26 Å². The Morgan fingerprint density at radius 2 is 2.07 bits per heavy atom. The highest BCUT2D eigenvalue weighted by molar-refractivity contribution is 6.31. The summed E-state index contributed by atoms with van der Waals surface area (Å²) in [6, 6.07) is 8.30. The van der Waals surface area contributed by atoms with Crippen molar-refractivity contribution in [3.63, 3.8) is 0 Å². The summed E-state index contributed by atoms with van der Waals surface area (Å²) >= 11 is 6.13. The highest BCUT2D eigenvalue weighted by Crippen LogP contribution is 2.18. The topological polar surface area (TPSA) is 99.1 Å². The lowest BCUT2D eigenvalue weighted by molar-refractivity contribution is 0.0938. The lowest BCUT2D eigenvalue weighted by Gasteiger charge is -2.11. The van der Waals surface area contributed by atoms with E-state index in [2.05, 4.69) is 10.4 Å². The predicted octanol–water partition coefficient (Wildman–Crippen LogP) is 1.90. The second kappa shape index (κ2) is 7.63. The van der Waals surface area contributed by atoms with Crippen LogP contribution >= 0.6 is 11.6 Å². The molecular formula is C18H17ClN4O4. The Kier molecular flexibility index (Phi) is 5.27. The van der Waals surface area contributed by atoms with Crippen molar-refractivity contribution in [1.29, 1.82) is 0 Å². The number of rotatable bonds is 5. The van der Waals surface area contributed by atoms with E-state index in [1.54, 1.807) is 37.3 Å². The molecule has 0 saturated carbocycles. The number of benzene rings is 1. The summed E-state index contributed by atoms with van der Waals surface area (Å²) in [6.45, 7) is 3.65. The van der Waals surface area contributed by atoms with Crippen molar-refractivity contribution in [2.24, 2.45) is 0 Å². The van der Waals surface area contributed by atoms with Crippen LogP contribution in [0.15, 0.2) is 50.6 Å². The first kappa shape index (κ1) is 18.7. The van der Waals surface area contributed by atoms with E-state index in [1.807, 2.05) is 6.92 Å². The number of halogens is 1. The third-order valence-corrected chi connectivity index (χ3v) is 4.40. The monoisotopic (exact) mass is 388 g/mol. The minimum Gasteiger partial charge on any atom is -0.467 e. The van der Waals surface area contributed by atoms with Crippen LogP contribution in [-0.2, 0) is 13.1 Å². The third kappa shape index (κ3) is 3.70. The molecule has 0 fully saturated rings. The van der Waals surface area contributed by atoms with Gasteiger partial charge in [0.25, 0.3) is 11.5 Å². The van der Waals surface area contributed by atoms with Gasteiger partial charge in [-0.1, -0.05) is 17.7 Å². The zero-order chi connectivity index (χ0) is 19.6. The summed E-state index contributed by atoms with van der Waals surface area (Å²) in [7, 11) is 0. The maximum absolute atomic E-state index is 12.6. The first-order valence-electron chi connectivity index (χ1n) is 8.23. The van der Waals surface area contributed by atoms with Crippen LogP contribution in [0.5, 0.6) is 0 Å². The first-order valence-corrected chi connectivity index (χ1v) is 8.61. The summed E-state index contributed by atoms with van der Waals surface area (Å²) in [5.41, 5.74) is -0.606. The molecule has 0 bridgehead atoms. The Bertz CT molecular complexity index is 1100. The molecule has 1 aromatic carbocycles. The van der Waals surface area contributed by atoms with Crippen molar-refractivity contribution >= 4 is 17.5 Å². The van der Waals surface area contributed by atoms with Crippen LogP contribution in [0.1, 0.15) is 28.7 Å². The Balaban J connectivity index is 2.06. The van der Waals surface area contributed by atoms with Gasteiger partial charge in [0, 0.05) is 11.6 Å². The predicted molar refractivity (Wildman–Crippen MR) is 99.4 cm³/mol. The fraction of sp³-hybridized carbons (Fsp3) is 0.222. The molecule has 3 rings (SSSR count). The number of aryl methyl sites for hydroxylation is 1. The highest BCUT2D eigenvalue weighted by Gasteiger charge is 2.20. The average Bonchev–Trinajstić information content (AvgIpc) is 3.16. The van der Waals surface area contributed by atoms with Crippen molar-refractivity contribution in [3.8, 4) is 5.69 Å². The SMILES string of the molecule is CCn1c(=O)c(C(=O)NCc2ccco2)nn(-c2ccc(C)c(Cl)c2)c1=O. The Hall–Kier alpha value is -3.13. The van der Waals surface area contributed by atoms with Gasteiger partial charge in [0.05, 0.1) is 18.5 Å². The summed E-state index contributed by atoms with van der Waals surface area (Å²) < 4.78 is 7.09. The first-order chi connectivity index (χ1) is 12.9. The molecule has 0 aliphatic heterocycles. The van der Waals surface area contributed by atoms with Crippen LogP contribution in [0.25, 0.3) is 5.69 Å². The largest absolute Gasteiger partial charge is 0.467 e. The number of amides is 1. The molecule has 0 aliphatic rings. The van der Waals surface area contributed by atoms with Crippen LogP contribution in [0.2, 0.25) is 5.02 Å². The Labute approximate surface area is 159 Å². The molecular weight excluding hydrogens is 372 g/mol. The molecule has 2 aromatic heterocycles. The molecule has 140 valence electrons. The lowest BCUT2D eigenvalue weighted by Crippen LogP contribution is -2.45. The van der Waals surface area contributed by atoms with E-state index < -0.39 is 17.2 Å². The second-order valence-electron chi connectivity index (χ2n) is 5.79. The van der Waals surface area contributed by atoms with Crippen molar-refractivity contribution in [1.82, 2.24) is 19.7 Å². The van der Waals surface area contributed by atoms with Gasteiger partial charge in [-0.25, -0.2) is 4.79 Å².